The van der Waals surface area contributed by atoms with Gasteiger partial charge in [-0.2, -0.15) is 0 Å². The summed E-state index contributed by atoms with van der Waals surface area (Å²) in [6.07, 6.45) is 6.92. The first-order valence-corrected chi connectivity index (χ1v) is 12.5. The molecule has 98 valence electrons. The van der Waals surface area contributed by atoms with Crippen LogP contribution in [0.5, 0.6) is 0 Å². The van der Waals surface area contributed by atoms with Gasteiger partial charge in [0.15, 0.2) is 0 Å². The minimum absolute atomic E-state index is 0.822. The molecule has 0 unspecified atom stereocenters. The van der Waals surface area contributed by atoms with Crippen LogP contribution < -0.4 is 4.98 Å². The van der Waals surface area contributed by atoms with Gasteiger partial charge in [0.1, 0.15) is 0 Å². The molecule has 2 aliphatic rings. The Morgan fingerprint density at radius 3 is 2.29 bits per heavy atom. The Morgan fingerprint density at radius 2 is 1.71 bits per heavy atom. The first-order chi connectivity index (χ1) is 8.07. The molecule has 1 heterocycles. The summed E-state index contributed by atoms with van der Waals surface area (Å²) in [4.78, 5) is 3.59. The maximum Gasteiger partial charge on any atom is 0.403 e. The summed E-state index contributed by atoms with van der Waals surface area (Å²) in [5, 5.41) is 0. The minimum atomic E-state index is -2.13. The van der Waals surface area contributed by atoms with Crippen LogP contribution >= 0.6 is 0 Å². The summed E-state index contributed by atoms with van der Waals surface area (Å²) in [6, 6.07) is 0. The molecule has 1 N–H and O–H groups in total. The molecule has 0 atom stereocenters. The minimum Gasteiger partial charge on any atom is -0.414 e. The maximum atomic E-state index is 5.95. The quantitative estimate of drug-likeness (QED) is 0.807. The van der Waals surface area contributed by atoms with Gasteiger partial charge in [0, 0.05) is 0 Å². The summed E-state index contributed by atoms with van der Waals surface area (Å²) in [6.45, 7) is 7.32. The van der Waals surface area contributed by atoms with Gasteiger partial charge in [-0.1, -0.05) is 19.3 Å². The molecule has 1 saturated heterocycles. The van der Waals surface area contributed by atoms with Crippen LogP contribution in [-0.2, 0) is 12.3 Å². The highest BCUT2D eigenvalue weighted by molar-refractivity contribution is 6.80. The van der Waals surface area contributed by atoms with Crippen LogP contribution in [0.1, 0.15) is 32.1 Å². The van der Waals surface area contributed by atoms with E-state index in [9.17, 15) is 0 Å². The molecule has 0 aromatic heterocycles. The van der Waals surface area contributed by atoms with Crippen LogP contribution in [0.4, 0.5) is 0 Å². The topological polar surface area (TPSA) is 39.7 Å². The van der Waals surface area contributed by atoms with E-state index in [4.69, 9.17) is 12.3 Å². The van der Waals surface area contributed by atoms with Crippen molar-refractivity contribution in [2.45, 2.75) is 51.7 Å². The normalized spacial score (nSPS) is 28.4. The van der Waals surface area contributed by atoms with E-state index < -0.39 is 27.3 Å². The molecule has 0 spiro atoms. The highest BCUT2D eigenvalue weighted by Gasteiger charge is 2.43. The molecule has 1 aliphatic heterocycles. The second kappa shape index (κ2) is 6.09. The number of rotatable bonds is 3. The fraction of sp³-hybridized carbons (Fsp3) is 1.00. The Kier molecular flexibility index (Phi) is 4.98. The zero-order valence-corrected chi connectivity index (χ0v) is 14.0. The Hall–Kier alpha value is 0.491. The maximum absolute atomic E-state index is 5.95. The van der Waals surface area contributed by atoms with Crippen LogP contribution in [0.3, 0.4) is 0 Å². The van der Waals surface area contributed by atoms with Gasteiger partial charge in [-0.15, -0.1) is 0 Å². The lowest BCUT2D eigenvalue weighted by Crippen LogP contribution is -2.64. The van der Waals surface area contributed by atoms with Crippen LogP contribution in [-0.4, -0.2) is 33.8 Å². The fourth-order valence-corrected chi connectivity index (χ4v) is 11.5. The second-order valence-electron chi connectivity index (χ2n) is 5.12. The van der Waals surface area contributed by atoms with Gasteiger partial charge in [-0.3, -0.25) is 4.98 Å². The molecule has 2 rings (SSSR count). The summed E-state index contributed by atoms with van der Waals surface area (Å²) in [7, 11) is -4.29. The molecule has 2 fully saturated rings. The van der Waals surface area contributed by atoms with E-state index in [0.29, 0.717) is 0 Å². The van der Waals surface area contributed by atoms with Crippen molar-refractivity contribution in [1.82, 2.24) is 4.98 Å². The molecule has 0 bridgehead atoms. The van der Waals surface area contributed by atoms with E-state index >= 15 is 0 Å². The van der Waals surface area contributed by atoms with E-state index in [0.717, 1.165) is 12.5 Å². The van der Waals surface area contributed by atoms with Crippen LogP contribution in [0.25, 0.3) is 0 Å². The summed E-state index contributed by atoms with van der Waals surface area (Å²) >= 11 is 0. The lowest BCUT2D eigenvalue weighted by atomic mass is 9.90. The van der Waals surface area contributed by atoms with Crippen molar-refractivity contribution in [3.05, 3.63) is 0 Å². The van der Waals surface area contributed by atoms with E-state index in [1.165, 1.54) is 32.1 Å². The van der Waals surface area contributed by atoms with Gasteiger partial charge in [-0.05, 0) is 44.9 Å². The average Bonchev–Trinajstić information content (AvgIpc) is 2.26. The Bertz CT molecular complexity index is 241. The van der Waals surface area contributed by atoms with Crippen molar-refractivity contribution in [2.75, 3.05) is 6.54 Å². The molecular weight excluding hydrogens is 266 g/mol. The predicted octanol–water partition coefficient (Wildman–Crippen LogP) is 2.02. The van der Waals surface area contributed by atoms with Crippen molar-refractivity contribution in [3.8, 4) is 0 Å². The molecule has 0 aromatic rings. The standard InChI is InChI=1S/C10H23NO3Si3/c1-15-12-16(2)14-17(3,13-15)11-9-10-7-5-4-6-8-10/h10-11H,4-9H2,1-3H3. The van der Waals surface area contributed by atoms with Gasteiger partial charge in [0.05, 0.1) is 0 Å². The molecular formula is C10H23NO3Si3. The Balaban J connectivity index is 1.79. The highest BCUT2D eigenvalue weighted by atomic mass is 28.5. The van der Waals surface area contributed by atoms with Crippen LogP contribution in [0.15, 0.2) is 0 Å². The number of hydrogen-bond donors (Lipinski definition) is 1. The van der Waals surface area contributed by atoms with Crippen molar-refractivity contribution in [1.29, 1.82) is 0 Å². The van der Waals surface area contributed by atoms with Gasteiger partial charge in [0.2, 0.25) is 0 Å². The number of nitrogens with one attached hydrogen (secondary N) is 1. The monoisotopic (exact) mass is 289 g/mol. The lowest BCUT2D eigenvalue weighted by molar-refractivity contribution is 0.249. The zero-order valence-electron chi connectivity index (χ0n) is 11.0. The Labute approximate surface area is 109 Å². The van der Waals surface area contributed by atoms with Gasteiger partial charge < -0.3 is 12.3 Å². The van der Waals surface area contributed by atoms with Crippen LogP contribution in [0.2, 0.25) is 19.6 Å². The van der Waals surface area contributed by atoms with Crippen molar-refractivity contribution in [3.63, 3.8) is 0 Å². The van der Waals surface area contributed by atoms with E-state index in [1.54, 1.807) is 0 Å². The molecule has 2 radical (unpaired) electrons. The summed E-state index contributed by atoms with van der Waals surface area (Å²) < 4.78 is 17.5. The molecule has 0 amide bonds. The first kappa shape index (κ1) is 13.9. The molecule has 17 heavy (non-hydrogen) atoms. The van der Waals surface area contributed by atoms with Crippen LogP contribution in [0, 0.1) is 5.92 Å². The predicted molar refractivity (Wildman–Crippen MR) is 72.7 cm³/mol. The third-order valence-corrected chi connectivity index (χ3v) is 12.0. The van der Waals surface area contributed by atoms with E-state index in [1.807, 2.05) is 0 Å². The van der Waals surface area contributed by atoms with Gasteiger partial charge in [0.25, 0.3) is 0 Å². The third-order valence-electron chi connectivity index (χ3n) is 3.40. The number of hydrogen-bond acceptors (Lipinski definition) is 4. The summed E-state index contributed by atoms with van der Waals surface area (Å²) in [5.74, 6) is 0.822. The largest absolute Gasteiger partial charge is 0.414 e. The highest BCUT2D eigenvalue weighted by Crippen LogP contribution is 2.24. The van der Waals surface area contributed by atoms with E-state index in [-0.39, 0.29) is 0 Å². The fourth-order valence-electron chi connectivity index (χ4n) is 2.61. The average molecular weight is 290 g/mol. The second-order valence-corrected chi connectivity index (χ2v) is 11.8. The molecule has 4 nitrogen and oxygen atoms in total. The Morgan fingerprint density at radius 1 is 1.12 bits per heavy atom. The van der Waals surface area contributed by atoms with Gasteiger partial charge in [-0.25, -0.2) is 0 Å². The van der Waals surface area contributed by atoms with Crippen molar-refractivity contribution in [2.24, 2.45) is 5.92 Å². The van der Waals surface area contributed by atoms with Crippen molar-refractivity contribution >= 4 is 27.3 Å². The van der Waals surface area contributed by atoms with Crippen molar-refractivity contribution < 1.29 is 12.3 Å². The molecule has 7 heteroatoms. The molecule has 1 saturated carbocycles. The first-order valence-electron chi connectivity index (χ1n) is 6.55. The summed E-state index contributed by atoms with van der Waals surface area (Å²) in [5.41, 5.74) is 0. The molecule has 1 aliphatic carbocycles. The smallest absolute Gasteiger partial charge is 0.403 e. The van der Waals surface area contributed by atoms with Gasteiger partial charge >= 0.3 is 27.3 Å². The lowest BCUT2D eigenvalue weighted by Gasteiger charge is -2.38. The van der Waals surface area contributed by atoms with E-state index in [2.05, 4.69) is 24.6 Å². The SMILES string of the molecule is C[Si]1O[Si](C)O[Si](C)(NCC2CCCCC2)O1. The third kappa shape index (κ3) is 4.27. The zero-order chi connectivity index (χ0) is 12.3. The molecule has 0 aromatic carbocycles.